The van der Waals surface area contributed by atoms with Crippen molar-refractivity contribution in [1.29, 1.82) is 0 Å². The number of amides is 1. The molecule has 1 aromatic heterocycles. The van der Waals surface area contributed by atoms with Crippen LogP contribution in [-0.2, 0) is 24.3 Å². The van der Waals surface area contributed by atoms with Crippen molar-refractivity contribution in [1.82, 2.24) is 20.1 Å². The van der Waals surface area contributed by atoms with Gasteiger partial charge in [0.2, 0.25) is 5.91 Å². The zero-order valence-electron chi connectivity index (χ0n) is 16.8. The first kappa shape index (κ1) is 20.9. The van der Waals surface area contributed by atoms with Gasteiger partial charge in [-0.2, -0.15) is 0 Å². The molecule has 2 heterocycles. The van der Waals surface area contributed by atoms with Gasteiger partial charge in [-0.3, -0.25) is 4.79 Å². The molecular formula is C23H25ClN4OS. The SMILES string of the molecule is O=C(CSC(c1ccccc1)c1ccc(Cl)cc1)NCc1nnc2n1CCCCC2. The second-order valence-electron chi connectivity index (χ2n) is 7.42. The molecule has 0 saturated heterocycles. The maximum atomic E-state index is 12.6. The number of benzene rings is 2. The van der Waals surface area contributed by atoms with E-state index in [1.54, 1.807) is 11.8 Å². The minimum atomic E-state index is 0.000802. The summed E-state index contributed by atoms with van der Waals surface area (Å²) in [7, 11) is 0. The van der Waals surface area contributed by atoms with Gasteiger partial charge in [-0.1, -0.05) is 60.5 Å². The van der Waals surface area contributed by atoms with Crippen molar-refractivity contribution in [2.75, 3.05) is 5.75 Å². The number of nitrogens with zero attached hydrogens (tertiary/aromatic N) is 3. The molecule has 0 aliphatic carbocycles. The van der Waals surface area contributed by atoms with Crippen LogP contribution in [0.1, 0.15) is 47.3 Å². The number of carbonyl (C=O) groups excluding carboxylic acids is 1. The number of aromatic nitrogens is 3. The highest BCUT2D eigenvalue weighted by Gasteiger charge is 2.18. The monoisotopic (exact) mass is 440 g/mol. The minimum absolute atomic E-state index is 0.000802. The number of hydrogen-bond acceptors (Lipinski definition) is 4. The fourth-order valence-electron chi connectivity index (χ4n) is 3.71. The van der Waals surface area contributed by atoms with E-state index in [-0.39, 0.29) is 11.2 Å². The predicted molar refractivity (Wildman–Crippen MR) is 122 cm³/mol. The molecule has 0 saturated carbocycles. The van der Waals surface area contributed by atoms with Crippen LogP contribution in [0.5, 0.6) is 0 Å². The molecule has 3 aromatic rings. The third-order valence-corrected chi connectivity index (χ3v) is 6.84. The van der Waals surface area contributed by atoms with Crippen molar-refractivity contribution < 1.29 is 4.79 Å². The Kier molecular flexibility index (Phi) is 7.07. The van der Waals surface area contributed by atoms with Crippen LogP contribution in [0.2, 0.25) is 5.02 Å². The molecule has 7 heteroatoms. The zero-order chi connectivity index (χ0) is 20.8. The summed E-state index contributed by atoms with van der Waals surface area (Å²) in [6.07, 6.45) is 4.49. The number of thioether (sulfide) groups is 1. The van der Waals surface area contributed by atoms with Gasteiger partial charge in [0.15, 0.2) is 5.82 Å². The van der Waals surface area contributed by atoms with Gasteiger partial charge in [-0.05, 0) is 36.1 Å². The van der Waals surface area contributed by atoms with E-state index in [1.807, 2.05) is 42.5 Å². The summed E-state index contributed by atoms with van der Waals surface area (Å²) in [5, 5.41) is 12.4. The van der Waals surface area contributed by atoms with E-state index in [4.69, 9.17) is 11.6 Å². The van der Waals surface area contributed by atoms with Gasteiger partial charge >= 0.3 is 0 Å². The number of halogens is 1. The summed E-state index contributed by atoms with van der Waals surface area (Å²) >= 11 is 7.67. The summed E-state index contributed by atoms with van der Waals surface area (Å²) in [6.45, 7) is 1.36. The molecule has 1 atom stereocenters. The molecule has 0 fully saturated rings. The molecule has 0 spiro atoms. The molecule has 1 N–H and O–H groups in total. The third kappa shape index (κ3) is 5.24. The van der Waals surface area contributed by atoms with E-state index in [1.165, 1.54) is 12.0 Å². The largest absolute Gasteiger partial charge is 0.348 e. The first-order valence-corrected chi connectivity index (χ1v) is 11.7. The molecule has 0 radical (unpaired) electrons. The first-order chi connectivity index (χ1) is 14.7. The predicted octanol–water partition coefficient (Wildman–Crippen LogP) is 4.80. The smallest absolute Gasteiger partial charge is 0.230 e. The zero-order valence-corrected chi connectivity index (χ0v) is 18.3. The first-order valence-electron chi connectivity index (χ1n) is 10.3. The Labute approximate surface area is 186 Å². The summed E-state index contributed by atoms with van der Waals surface area (Å²) in [5.41, 5.74) is 2.30. The summed E-state index contributed by atoms with van der Waals surface area (Å²) < 4.78 is 2.17. The van der Waals surface area contributed by atoms with E-state index >= 15 is 0 Å². The molecule has 2 aromatic carbocycles. The van der Waals surface area contributed by atoms with Crippen LogP contribution in [0.3, 0.4) is 0 Å². The minimum Gasteiger partial charge on any atom is -0.348 e. The molecule has 1 amide bonds. The number of nitrogens with one attached hydrogen (secondary N) is 1. The van der Waals surface area contributed by atoms with E-state index in [2.05, 4.69) is 32.2 Å². The van der Waals surface area contributed by atoms with Gasteiger partial charge in [-0.25, -0.2) is 0 Å². The van der Waals surface area contributed by atoms with Gasteiger partial charge in [0.05, 0.1) is 17.5 Å². The summed E-state index contributed by atoms with van der Waals surface area (Å²) in [4.78, 5) is 12.6. The number of fused-ring (bicyclic) bond motifs is 1. The second kappa shape index (κ2) is 10.1. The lowest BCUT2D eigenvalue weighted by Gasteiger charge is -2.18. The summed E-state index contributed by atoms with van der Waals surface area (Å²) in [5.74, 6) is 2.25. The van der Waals surface area contributed by atoms with Crippen molar-refractivity contribution in [3.63, 3.8) is 0 Å². The average Bonchev–Trinajstić information content (AvgIpc) is 3.00. The lowest BCUT2D eigenvalue weighted by atomic mass is 10.0. The van der Waals surface area contributed by atoms with Gasteiger partial charge in [-0.15, -0.1) is 22.0 Å². The molecule has 0 bridgehead atoms. The van der Waals surface area contributed by atoms with Crippen LogP contribution in [0, 0.1) is 0 Å². The Morgan fingerprint density at radius 2 is 1.80 bits per heavy atom. The maximum Gasteiger partial charge on any atom is 0.230 e. The van der Waals surface area contributed by atoms with Crippen LogP contribution >= 0.6 is 23.4 Å². The number of aryl methyl sites for hydroxylation is 1. The normalized spacial score (nSPS) is 14.6. The van der Waals surface area contributed by atoms with Gasteiger partial charge in [0, 0.05) is 18.0 Å². The van der Waals surface area contributed by atoms with E-state index in [0.29, 0.717) is 17.3 Å². The number of carbonyl (C=O) groups is 1. The molecule has 1 aliphatic heterocycles. The Hall–Kier alpha value is -2.31. The van der Waals surface area contributed by atoms with Crippen molar-refractivity contribution in [3.8, 4) is 0 Å². The highest BCUT2D eigenvalue weighted by Crippen LogP contribution is 2.35. The topological polar surface area (TPSA) is 59.8 Å². The lowest BCUT2D eigenvalue weighted by molar-refractivity contribution is -0.118. The fourth-order valence-corrected chi connectivity index (χ4v) is 4.96. The van der Waals surface area contributed by atoms with Crippen molar-refractivity contribution in [2.45, 2.75) is 44.0 Å². The number of hydrogen-bond donors (Lipinski definition) is 1. The van der Waals surface area contributed by atoms with Crippen molar-refractivity contribution in [3.05, 3.63) is 82.4 Å². The molecule has 30 heavy (non-hydrogen) atoms. The molecule has 1 aliphatic rings. The second-order valence-corrected chi connectivity index (χ2v) is 8.95. The highest BCUT2D eigenvalue weighted by atomic mass is 35.5. The van der Waals surface area contributed by atoms with E-state index < -0.39 is 0 Å². The molecule has 5 nitrogen and oxygen atoms in total. The van der Waals surface area contributed by atoms with E-state index in [0.717, 1.165) is 43.0 Å². The quantitative estimate of drug-likeness (QED) is 0.573. The molecule has 156 valence electrons. The lowest BCUT2D eigenvalue weighted by Crippen LogP contribution is -2.27. The van der Waals surface area contributed by atoms with Crippen molar-refractivity contribution >= 4 is 29.3 Å². The van der Waals surface area contributed by atoms with Crippen LogP contribution in [0.15, 0.2) is 54.6 Å². The average molecular weight is 441 g/mol. The van der Waals surface area contributed by atoms with Gasteiger partial charge in [0.25, 0.3) is 0 Å². The van der Waals surface area contributed by atoms with Gasteiger partial charge in [0.1, 0.15) is 5.82 Å². The van der Waals surface area contributed by atoms with Crippen molar-refractivity contribution in [2.24, 2.45) is 0 Å². The Bertz CT molecular complexity index is 975. The molecule has 1 unspecified atom stereocenters. The Balaban J connectivity index is 1.38. The fraction of sp³-hybridized carbons (Fsp3) is 0.348. The van der Waals surface area contributed by atoms with Crippen LogP contribution in [0.25, 0.3) is 0 Å². The summed E-state index contributed by atoms with van der Waals surface area (Å²) in [6, 6.07) is 18.1. The maximum absolute atomic E-state index is 12.6. The third-order valence-electron chi connectivity index (χ3n) is 5.29. The van der Waals surface area contributed by atoms with Crippen LogP contribution in [-0.4, -0.2) is 26.4 Å². The van der Waals surface area contributed by atoms with Crippen LogP contribution in [0.4, 0.5) is 0 Å². The van der Waals surface area contributed by atoms with Crippen LogP contribution < -0.4 is 5.32 Å². The number of rotatable bonds is 7. The van der Waals surface area contributed by atoms with E-state index in [9.17, 15) is 4.79 Å². The Morgan fingerprint density at radius 3 is 2.60 bits per heavy atom. The highest BCUT2D eigenvalue weighted by molar-refractivity contribution is 8.00. The molecular weight excluding hydrogens is 416 g/mol. The molecule has 4 rings (SSSR count). The van der Waals surface area contributed by atoms with Gasteiger partial charge < -0.3 is 9.88 Å². The standard InChI is InChI=1S/C23H25ClN4OS/c24-19-12-10-18(11-13-19)23(17-7-3-1-4-8-17)30-16-22(29)25-15-21-27-26-20-9-5-2-6-14-28(20)21/h1,3-4,7-8,10-13,23H,2,5-6,9,14-16H2,(H,25,29). The Morgan fingerprint density at radius 1 is 1.03 bits per heavy atom.